The van der Waals surface area contributed by atoms with Crippen LogP contribution in [0.25, 0.3) is 10.9 Å². The van der Waals surface area contributed by atoms with Crippen molar-refractivity contribution in [3.63, 3.8) is 0 Å². The van der Waals surface area contributed by atoms with Crippen LogP contribution in [0.15, 0.2) is 19.2 Å². The largest absolute Gasteiger partial charge is 0.326 e. The zero-order chi connectivity index (χ0) is 9.42. The molecule has 2 rings (SSSR count). The van der Waals surface area contributed by atoms with Gasteiger partial charge in [0.05, 0.1) is 15.1 Å². The maximum Gasteiger partial charge on any atom is 0.326 e. The number of hydrogen-bond donors (Lipinski definition) is 2. The maximum absolute atomic E-state index is 11.4. The zero-order valence-corrected chi connectivity index (χ0v) is 8.34. The highest BCUT2D eigenvalue weighted by Crippen LogP contribution is 2.28. The normalized spacial score (nSPS) is 10.8. The summed E-state index contributed by atoms with van der Waals surface area (Å²) in [6, 6.07) is 0. The van der Waals surface area contributed by atoms with Gasteiger partial charge in [-0.2, -0.15) is 0 Å². The first-order chi connectivity index (χ1) is 6.22. The van der Waals surface area contributed by atoms with E-state index >= 15 is 0 Å². The van der Waals surface area contributed by atoms with E-state index < -0.39 is 5.69 Å². The monoisotopic (exact) mass is 214 g/mol. The van der Waals surface area contributed by atoms with Crippen molar-refractivity contribution >= 4 is 34.0 Å². The zero-order valence-electron chi connectivity index (χ0n) is 6.71. The predicted molar refractivity (Wildman–Crippen MR) is 54.8 cm³/mol. The molecule has 0 amide bonds. The molecule has 4 nitrogen and oxygen atoms in total. The average Bonchev–Trinajstić information content (AvgIpc) is 2.47. The van der Waals surface area contributed by atoms with E-state index in [4.69, 9.17) is 0 Å². The molecule has 0 aliphatic rings. The molecule has 0 aromatic carbocycles. The molecule has 2 aromatic rings. The van der Waals surface area contributed by atoms with Crippen LogP contribution in [0.3, 0.4) is 0 Å². The van der Waals surface area contributed by atoms with E-state index in [1.54, 1.807) is 5.38 Å². The lowest BCUT2D eigenvalue weighted by Gasteiger charge is -1.90. The van der Waals surface area contributed by atoms with Gasteiger partial charge in [0.25, 0.3) is 5.56 Å². The molecule has 68 valence electrons. The smallest absolute Gasteiger partial charge is 0.306 e. The van der Waals surface area contributed by atoms with E-state index in [9.17, 15) is 9.59 Å². The number of hydrogen-bond acceptors (Lipinski definition) is 4. The summed E-state index contributed by atoms with van der Waals surface area (Å²) in [5.41, 5.74) is -0.157. The van der Waals surface area contributed by atoms with Crippen molar-refractivity contribution in [1.29, 1.82) is 0 Å². The Balaban J connectivity index is 2.99. The van der Waals surface area contributed by atoms with Crippen LogP contribution in [-0.4, -0.2) is 16.2 Å². The molecule has 0 saturated heterocycles. The van der Waals surface area contributed by atoms with E-state index in [1.807, 2.05) is 6.26 Å². The Morgan fingerprint density at radius 1 is 1.38 bits per heavy atom. The fourth-order valence-electron chi connectivity index (χ4n) is 1.12. The first kappa shape index (κ1) is 8.58. The molecule has 2 N–H and O–H groups in total. The first-order valence-electron chi connectivity index (χ1n) is 3.50. The van der Waals surface area contributed by atoms with Crippen LogP contribution in [0.4, 0.5) is 0 Å². The van der Waals surface area contributed by atoms with E-state index in [1.165, 1.54) is 23.1 Å². The molecule has 0 radical (unpaired) electrons. The second kappa shape index (κ2) is 3.04. The molecule has 2 aromatic heterocycles. The van der Waals surface area contributed by atoms with Crippen molar-refractivity contribution in [2.75, 3.05) is 6.26 Å². The van der Waals surface area contributed by atoms with E-state index in [2.05, 4.69) is 9.97 Å². The highest BCUT2D eigenvalue weighted by atomic mass is 32.2. The first-order valence-corrected chi connectivity index (χ1v) is 5.60. The number of aromatic nitrogens is 2. The van der Waals surface area contributed by atoms with E-state index in [-0.39, 0.29) is 5.56 Å². The number of fused-ring (bicyclic) bond motifs is 1. The lowest BCUT2D eigenvalue weighted by Crippen LogP contribution is -2.21. The van der Waals surface area contributed by atoms with Gasteiger partial charge in [-0.25, -0.2) is 4.79 Å². The number of aromatic amines is 2. The van der Waals surface area contributed by atoms with Gasteiger partial charge in [0.15, 0.2) is 0 Å². The van der Waals surface area contributed by atoms with E-state index in [0.29, 0.717) is 10.9 Å². The van der Waals surface area contributed by atoms with Gasteiger partial charge in [-0.3, -0.25) is 9.78 Å². The van der Waals surface area contributed by atoms with Crippen LogP contribution in [0, 0.1) is 0 Å². The Morgan fingerprint density at radius 2 is 2.15 bits per heavy atom. The van der Waals surface area contributed by atoms with Crippen molar-refractivity contribution in [3.8, 4) is 0 Å². The van der Waals surface area contributed by atoms with Crippen molar-refractivity contribution < 1.29 is 0 Å². The number of thiophene rings is 1. The molecular weight excluding hydrogens is 208 g/mol. The van der Waals surface area contributed by atoms with Crippen molar-refractivity contribution in [2.24, 2.45) is 0 Å². The molecule has 0 saturated carbocycles. The minimum absolute atomic E-state index is 0.315. The third-order valence-electron chi connectivity index (χ3n) is 1.64. The lowest BCUT2D eigenvalue weighted by molar-refractivity contribution is 1.08. The molecule has 0 spiro atoms. The van der Waals surface area contributed by atoms with Gasteiger partial charge in [-0.1, -0.05) is 0 Å². The van der Waals surface area contributed by atoms with Crippen LogP contribution >= 0.6 is 23.1 Å². The van der Waals surface area contributed by atoms with Crippen LogP contribution in [0.5, 0.6) is 0 Å². The molecular formula is C7H6N2O2S2. The molecule has 0 aliphatic carbocycles. The van der Waals surface area contributed by atoms with Crippen LogP contribution < -0.4 is 11.2 Å². The van der Waals surface area contributed by atoms with Gasteiger partial charge in [-0.05, 0) is 6.26 Å². The number of thioether (sulfide) groups is 1. The number of rotatable bonds is 1. The highest BCUT2D eigenvalue weighted by Gasteiger charge is 2.07. The molecule has 0 aliphatic heterocycles. The van der Waals surface area contributed by atoms with Gasteiger partial charge in [-0.15, -0.1) is 23.1 Å². The summed E-state index contributed by atoms with van der Waals surface area (Å²) in [5, 5.41) is 2.36. The minimum Gasteiger partial charge on any atom is -0.306 e. The quantitative estimate of drug-likeness (QED) is 0.696. The number of H-pyrrole nitrogens is 2. The van der Waals surface area contributed by atoms with Crippen LogP contribution in [0.1, 0.15) is 0 Å². The van der Waals surface area contributed by atoms with Crippen molar-refractivity contribution in [2.45, 2.75) is 4.21 Å². The van der Waals surface area contributed by atoms with Gasteiger partial charge in [0.2, 0.25) is 0 Å². The average molecular weight is 214 g/mol. The van der Waals surface area contributed by atoms with Gasteiger partial charge < -0.3 is 4.98 Å². The fraction of sp³-hybridized carbons (Fsp3) is 0.143. The summed E-state index contributed by atoms with van der Waals surface area (Å²) in [6.07, 6.45) is 1.90. The Morgan fingerprint density at radius 3 is 2.85 bits per heavy atom. The second-order valence-corrected chi connectivity index (χ2v) is 4.38. The lowest BCUT2D eigenvalue weighted by atomic mass is 10.4. The molecule has 0 unspecified atom stereocenters. The fourth-order valence-corrected chi connectivity index (χ4v) is 2.77. The molecule has 0 atom stereocenters. The standard InChI is InChI=1S/C7H6N2O2S2/c1-12-6-4-3(2-13-6)8-7(11)9-5(4)10/h2H,1H3,(H2,8,9,10,11). The van der Waals surface area contributed by atoms with Crippen LogP contribution in [-0.2, 0) is 0 Å². The summed E-state index contributed by atoms with van der Waals surface area (Å²) in [7, 11) is 0. The van der Waals surface area contributed by atoms with Gasteiger partial charge >= 0.3 is 5.69 Å². The summed E-state index contributed by atoms with van der Waals surface area (Å²) in [5.74, 6) is 0. The summed E-state index contributed by atoms with van der Waals surface area (Å²) < 4.78 is 0.924. The minimum atomic E-state index is -0.456. The molecule has 0 bridgehead atoms. The Labute approximate surface area is 81.0 Å². The number of nitrogens with one attached hydrogen (secondary N) is 2. The van der Waals surface area contributed by atoms with Crippen LogP contribution in [0.2, 0.25) is 0 Å². The molecule has 0 fully saturated rings. The van der Waals surface area contributed by atoms with E-state index in [0.717, 1.165) is 4.21 Å². The van der Waals surface area contributed by atoms with Crippen molar-refractivity contribution in [1.82, 2.24) is 9.97 Å². The predicted octanol–water partition coefficient (Wildman–Crippen LogP) is 1.000. The molecule has 2 heterocycles. The molecule has 13 heavy (non-hydrogen) atoms. The van der Waals surface area contributed by atoms with Crippen molar-refractivity contribution in [3.05, 3.63) is 26.2 Å². The van der Waals surface area contributed by atoms with Gasteiger partial charge in [0.1, 0.15) is 0 Å². The maximum atomic E-state index is 11.4. The summed E-state index contributed by atoms with van der Waals surface area (Å²) in [4.78, 5) is 27.0. The third kappa shape index (κ3) is 1.31. The second-order valence-electron chi connectivity index (χ2n) is 2.42. The molecule has 6 heteroatoms. The highest BCUT2D eigenvalue weighted by molar-refractivity contribution is 8.00. The Hall–Kier alpha value is -1.01. The SMILES string of the molecule is CSc1scc2[nH]c(=O)[nH]c(=O)c12. The topological polar surface area (TPSA) is 65.7 Å². The third-order valence-corrected chi connectivity index (χ3v) is 3.78. The van der Waals surface area contributed by atoms with Gasteiger partial charge in [0, 0.05) is 5.38 Å². The Kier molecular flexibility index (Phi) is 2.01. The summed E-state index contributed by atoms with van der Waals surface area (Å²) >= 11 is 2.96. The Bertz CT molecular complexity index is 551. The summed E-state index contributed by atoms with van der Waals surface area (Å²) in [6.45, 7) is 0.